The average Bonchev–Trinajstić information content (AvgIpc) is 2.24. The monoisotopic (exact) mass is 212 g/mol. The van der Waals surface area contributed by atoms with Crippen LogP contribution in [0.4, 0.5) is 0 Å². The zero-order chi connectivity index (χ0) is 11.3. The Hall–Kier alpha value is -0.0800. The molecular formula is C13H28N2. The lowest BCUT2D eigenvalue weighted by Gasteiger charge is -2.38. The fraction of sp³-hybridized carbons (Fsp3) is 1.00. The van der Waals surface area contributed by atoms with E-state index < -0.39 is 0 Å². The van der Waals surface area contributed by atoms with Crippen LogP contribution in [0.25, 0.3) is 0 Å². The number of hydrogen-bond donors (Lipinski definition) is 1. The predicted octanol–water partition coefficient (Wildman–Crippen LogP) is 2.35. The molecule has 2 heteroatoms. The lowest BCUT2D eigenvalue weighted by atomic mass is 9.95. The van der Waals surface area contributed by atoms with Crippen LogP contribution in [0.2, 0.25) is 0 Å². The van der Waals surface area contributed by atoms with Crippen LogP contribution in [0.3, 0.4) is 0 Å². The fourth-order valence-corrected chi connectivity index (χ4v) is 2.50. The Morgan fingerprint density at radius 2 is 2.13 bits per heavy atom. The van der Waals surface area contributed by atoms with Crippen LogP contribution in [0.15, 0.2) is 0 Å². The molecule has 0 saturated carbocycles. The maximum absolute atomic E-state index is 3.45. The van der Waals surface area contributed by atoms with Gasteiger partial charge >= 0.3 is 0 Å². The Labute approximate surface area is 95.4 Å². The normalized spacial score (nSPS) is 27.6. The highest BCUT2D eigenvalue weighted by molar-refractivity contribution is 4.79. The van der Waals surface area contributed by atoms with E-state index in [1.165, 1.54) is 25.9 Å². The fourth-order valence-electron chi connectivity index (χ4n) is 2.50. The van der Waals surface area contributed by atoms with Crippen molar-refractivity contribution in [1.29, 1.82) is 0 Å². The molecule has 3 atom stereocenters. The van der Waals surface area contributed by atoms with Crippen LogP contribution in [0.5, 0.6) is 0 Å². The zero-order valence-electron chi connectivity index (χ0n) is 10.9. The van der Waals surface area contributed by atoms with Crippen LogP contribution >= 0.6 is 0 Å². The van der Waals surface area contributed by atoms with E-state index in [0.29, 0.717) is 0 Å². The molecule has 1 saturated heterocycles. The molecule has 0 amide bonds. The van der Waals surface area contributed by atoms with Gasteiger partial charge in [0.05, 0.1) is 0 Å². The van der Waals surface area contributed by atoms with E-state index >= 15 is 0 Å². The lowest BCUT2D eigenvalue weighted by molar-refractivity contribution is 0.106. The predicted molar refractivity (Wildman–Crippen MR) is 67.1 cm³/mol. The topological polar surface area (TPSA) is 15.3 Å². The third-order valence-electron chi connectivity index (χ3n) is 3.80. The summed E-state index contributed by atoms with van der Waals surface area (Å²) >= 11 is 0. The van der Waals surface area contributed by atoms with Crippen molar-refractivity contribution in [2.45, 2.75) is 46.6 Å². The van der Waals surface area contributed by atoms with Gasteiger partial charge in [0.25, 0.3) is 0 Å². The summed E-state index contributed by atoms with van der Waals surface area (Å²) in [5, 5.41) is 3.45. The Balaban J connectivity index is 2.33. The molecule has 0 aromatic carbocycles. The number of likely N-dealkylation sites (tertiary alicyclic amines) is 1. The molecule has 0 aliphatic carbocycles. The third kappa shape index (κ3) is 4.12. The molecule has 0 radical (unpaired) electrons. The zero-order valence-corrected chi connectivity index (χ0v) is 10.9. The van der Waals surface area contributed by atoms with Crippen molar-refractivity contribution in [2.24, 2.45) is 11.8 Å². The second-order valence-corrected chi connectivity index (χ2v) is 5.27. The maximum Gasteiger partial charge on any atom is 0.0105 e. The van der Waals surface area contributed by atoms with E-state index in [1.807, 2.05) is 0 Å². The van der Waals surface area contributed by atoms with E-state index in [4.69, 9.17) is 0 Å². The first kappa shape index (κ1) is 13.0. The summed E-state index contributed by atoms with van der Waals surface area (Å²) in [6.45, 7) is 14.2. The molecule has 1 aliphatic rings. The van der Waals surface area contributed by atoms with Gasteiger partial charge in [-0.1, -0.05) is 20.8 Å². The minimum absolute atomic E-state index is 0.729. The minimum atomic E-state index is 0.729. The van der Waals surface area contributed by atoms with E-state index in [9.17, 15) is 0 Å². The molecule has 90 valence electrons. The molecule has 1 rings (SSSR count). The van der Waals surface area contributed by atoms with Gasteiger partial charge in [0.2, 0.25) is 0 Å². The van der Waals surface area contributed by atoms with Crippen LogP contribution in [-0.4, -0.2) is 37.1 Å². The van der Waals surface area contributed by atoms with Crippen molar-refractivity contribution >= 4 is 0 Å². The Morgan fingerprint density at radius 3 is 2.73 bits per heavy atom. The molecule has 0 aromatic rings. The largest absolute Gasteiger partial charge is 0.317 e. The number of rotatable bonds is 5. The van der Waals surface area contributed by atoms with Crippen molar-refractivity contribution in [1.82, 2.24) is 10.2 Å². The first-order valence-corrected chi connectivity index (χ1v) is 6.59. The van der Waals surface area contributed by atoms with Gasteiger partial charge in [-0.3, -0.25) is 0 Å². The molecule has 1 N–H and O–H groups in total. The molecule has 1 fully saturated rings. The summed E-state index contributed by atoms with van der Waals surface area (Å²) in [5.41, 5.74) is 0. The molecule has 0 aromatic heterocycles. The molecule has 1 heterocycles. The lowest BCUT2D eigenvalue weighted by Crippen LogP contribution is -2.45. The number of hydrogen-bond acceptors (Lipinski definition) is 2. The molecule has 0 spiro atoms. The van der Waals surface area contributed by atoms with Gasteiger partial charge in [0.15, 0.2) is 0 Å². The van der Waals surface area contributed by atoms with Crippen LogP contribution in [0.1, 0.15) is 40.5 Å². The number of piperidine rings is 1. The standard InChI is InChI=1S/C13H28N2/c1-5-14-9-12(3)13(4)15-8-6-7-11(2)10-15/h11-14H,5-10H2,1-4H3. The van der Waals surface area contributed by atoms with Crippen LogP contribution in [-0.2, 0) is 0 Å². The highest BCUT2D eigenvalue weighted by atomic mass is 15.2. The maximum atomic E-state index is 3.45. The van der Waals surface area contributed by atoms with Gasteiger partial charge in [-0.25, -0.2) is 0 Å². The summed E-state index contributed by atoms with van der Waals surface area (Å²) in [6.07, 6.45) is 2.81. The van der Waals surface area contributed by atoms with Crippen molar-refractivity contribution in [3.8, 4) is 0 Å². The molecular weight excluding hydrogens is 184 g/mol. The summed E-state index contributed by atoms with van der Waals surface area (Å²) < 4.78 is 0. The Kier molecular flexibility index (Phi) is 5.62. The molecule has 1 aliphatic heterocycles. The second kappa shape index (κ2) is 6.49. The van der Waals surface area contributed by atoms with Gasteiger partial charge in [0, 0.05) is 12.6 Å². The smallest absolute Gasteiger partial charge is 0.0105 e. The van der Waals surface area contributed by atoms with E-state index in [1.54, 1.807) is 0 Å². The SMILES string of the molecule is CCNCC(C)C(C)N1CCCC(C)C1. The quantitative estimate of drug-likeness (QED) is 0.752. The molecule has 15 heavy (non-hydrogen) atoms. The molecule has 3 unspecified atom stereocenters. The minimum Gasteiger partial charge on any atom is -0.317 e. The van der Waals surface area contributed by atoms with Gasteiger partial charge in [-0.15, -0.1) is 0 Å². The highest BCUT2D eigenvalue weighted by Crippen LogP contribution is 2.20. The second-order valence-electron chi connectivity index (χ2n) is 5.27. The highest BCUT2D eigenvalue weighted by Gasteiger charge is 2.24. The van der Waals surface area contributed by atoms with E-state index in [-0.39, 0.29) is 0 Å². The molecule has 0 bridgehead atoms. The van der Waals surface area contributed by atoms with Gasteiger partial charge in [-0.2, -0.15) is 0 Å². The summed E-state index contributed by atoms with van der Waals surface area (Å²) in [7, 11) is 0. The van der Waals surface area contributed by atoms with Crippen molar-refractivity contribution in [2.75, 3.05) is 26.2 Å². The molecule has 2 nitrogen and oxygen atoms in total. The Bertz CT molecular complexity index is 170. The Morgan fingerprint density at radius 1 is 1.40 bits per heavy atom. The summed E-state index contributed by atoms with van der Waals surface area (Å²) in [4.78, 5) is 2.68. The van der Waals surface area contributed by atoms with Gasteiger partial charge in [-0.05, 0) is 51.2 Å². The number of nitrogens with one attached hydrogen (secondary N) is 1. The average molecular weight is 212 g/mol. The van der Waals surface area contributed by atoms with Crippen LogP contribution < -0.4 is 5.32 Å². The van der Waals surface area contributed by atoms with Crippen molar-refractivity contribution < 1.29 is 0 Å². The van der Waals surface area contributed by atoms with Gasteiger partial charge < -0.3 is 10.2 Å². The summed E-state index contributed by atoms with van der Waals surface area (Å²) in [6, 6.07) is 0.729. The van der Waals surface area contributed by atoms with E-state index in [0.717, 1.165) is 31.0 Å². The van der Waals surface area contributed by atoms with Crippen LogP contribution in [0, 0.1) is 11.8 Å². The van der Waals surface area contributed by atoms with Gasteiger partial charge in [0.1, 0.15) is 0 Å². The first-order chi connectivity index (χ1) is 7.15. The number of nitrogens with zero attached hydrogens (tertiary/aromatic N) is 1. The van der Waals surface area contributed by atoms with E-state index in [2.05, 4.69) is 37.9 Å². The first-order valence-electron chi connectivity index (χ1n) is 6.59. The third-order valence-corrected chi connectivity index (χ3v) is 3.80. The summed E-state index contributed by atoms with van der Waals surface area (Å²) in [5.74, 6) is 1.66. The van der Waals surface area contributed by atoms with Crippen molar-refractivity contribution in [3.05, 3.63) is 0 Å². The van der Waals surface area contributed by atoms with Crippen molar-refractivity contribution in [3.63, 3.8) is 0 Å².